The first-order valence-corrected chi connectivity index (χ1v) is 7.18. The summed E-state index contributed by atoms with van der Waals surface area (Å²) >= 11 is 0. The number of nitrogens with zero attached hydrogens (tertiary/aromatic N) is 1. The number of nitriles is 1. The average Bonchev–Trinajstić information content (AvgIpc) is 2.58. The lowest BCUT2D eigenvalue weighted by molar-refractivity contribution is 0.424. The molecule has 1 unspecified atom stereocenters. The Morgan fingerprint density at radius 2 is 1.56 bits per heavy atom. The Balaban J connectivity index is 2.24. The molecule has 1 aromatic rings. The van der Waals surface area contributed by atoms with Crippen molar-refractivity contribution in [2.45, 2.75) is 58.3 Å². The Kier molecular flexibility index (Phi) is 4.42. The average molecular weight is 241 g/mol. The Bertz CT molecular complexity index is 413. The van der Waals surface area contributed by atoms with E-state index < -0.39 is 0 Å². The smallest absolute Gasteiger partial charge is 0.0741 e. The Morgan fingerprint density at radius 3 is 2.06 bits per heavy atom. The lowest BCUT2D eigenvalue weighted by Crippen LogP contribution is -2.11. The third-order valence-electron chi connectivity index (χ3n) is 4.11. The van der Waals surface area contributed by atoms with E-state index in [1.54, 1.807) is 0 Å². The zero-order valence-corrected chi connectivity index (χ0v) is 11.6. The van der Waals surface area contributed by atoms with Crippen molar-refractivity contribution in [1.29, 1.82) is 5.26 Å². The maximum Gasteiger partial charge on any atom is 0.0741 e. The van der Waals surface area contributed by atoms with E-state index in [0.717, 1.165) is 0 Å². The van der Waals surface area contributed by atoms with Gasteiger partial charge in [-0.25, -0.2) is 0 Å². The standard InChI is InChI=1S/C17H23N/c1-13-9-14(2)11-16(10-13)17(12-18)15-7-5-3-4-6-8-15/h9-11,15,17H,3-8H2,1-2H3. The molecule has 2 rings (SSSR count). The SMILES string of the molecule is Cc1cc(C)cc(C(C#N)C2CCCCCC2)c1. The molecule has 0 saturated heterocycles. The van der Waals surface area contributed by atoms with Gasteiger partial charge in [-0.15, -0.1) is 0 Å². The molecule has 1 fully saturated rings. The first kappa shape index (κ1) is 13.1. The summed E-state index contributed by atoms with van der Waals surface area (Å²) in [4.78, 5) is 0. The van der Waals surface area contributed by atoms with Crippen LogP contribution in [0.4, 0.5) is 0 Å². The summed E-state index contributed by atoms with van der Waals surface area (Å²) in [5.41, 5.74) is 3.79. The van der Waals surface area contributed by atoms with E-state index in [1.165, 1.54) is 55.2 Å². The molecular formula is C17H23N. The first-order chi connectivity index (χ1) is 8.70. The van der Waals surface area contributed by atoms with E-state index in [4.69, 9.17) is 0 Å². The lowest BCUT2D eigenvalue weighted by Gasteiger charge is -2.21. The maximum absolute atomic E-state index is 9.56. The van der Waals surface area contributed by atoms with Crippen LogP contribution in [0.5, 0.6) is 0 Å². The van der Waals surface area contributed by atoms with Gasteiger partial charge in [-0.1, -0.05) is 55.0 Å². The van der Waals surface area contributed by atoms with E-state index in [9.17, 15) is 5.26 Å². The summed E-state index contributed by atoms with van der Waals surface area (Å²) in [6.45, 7) is 4.25. The molecule has 1 aromatic carbocycles. The molecule has 0 spiro atoms. The van der Waals surface area contributed by atoms with Crippen LogP contribution in [0.3, 0.4) is 0 Å². The van der Waals surface area contributed by atoms with Crippen LogP contribution in [0, 0.1) is 31.1 Å². The molecule has 0 N–H and O–H groups in total. The molecule has 1 heteroatoms. The second-order valence-corrected chi connectivity index (χ2v) is 5.78. The molecule has 0 aliphatic heterocycles. The highest BCUT2D eigenvalue weighted by atomic mass is 14.3. The fraction of sp³-hybridized carbons (Fsp3) is 0.588. The molecule has 0 amide bonds. The van der Waals surface area contributed by atoms with Crippen molar-refractivity contribution >= 4 is 0 Å². The largest absolute Gasteiger partial charge is 0.198 e. The molecule has 1 saturated carbocycles. The van der Waals surface area contributed by atoms with Gasteiger partial charge in [0.1, 0.15) is 0 Å². The Labute approximate surface area is 111 Å². The van der Waals surface area contributed by atoms with Crippen LogP contribution in [0.1, 0.15) is 61.1 Å². The highest BCUT2D eigenvalue weighted by Gasteiger charge is 2.24. The number of rotatable bonds is 2. The highest BCUT2D eigenvalue weighted by Crippen LogP contribution is 2.35. The van der Waals surface area contributed by atoms with Gasteiger partial charge < -0.3 is 0 Å². The van der Waals surface area contributed by atoms with Gasteiger partial charge >= 0.3 is 0 Å². The summed E-state index contributed by atoms with van der Waals surface area (Å²) in [5.74, 6) is 0.667. The van der Waals surface area contributed by atoms with Crippen molar-refractivity contribution in [3.8, 4) is 6.07 Å². The van der Waals surface area contributed by atoms with Crippen molar-refractivity contribution in [1.82, 2.24) is 0 Å². The van der Waals surface area contributed by atoms with Gasteiger partial charge in [-0.05, 0) is 38.2 Å². The van der Waals surface area contributed by atoms with E-state index in [-0.39, 0.29) is 5.92 Å². The van der Waals surface area contributed by atoms with Crippen molar-refractivity contribution in [2.75, 3.05) is 0 Å². The summed E-state index contributed by atoms with van der Waals surface area (Å²) < 4.78 is 0. The van der Waals surface area contributed by atoms with Crippen LogP contribution in [0.25, 0.3) is 0 Å². The van der Waals surface area contributed by atoms with Crippen molar-refractivity contribution in [3.05, 3.63) is 34.9 Å². The van der Waals surface area contributed by atoms with Gasteiger partial charge in [0.2, 0.25) is 0 Å². The first-order valence-electron chi connectivity index (χ1n) is 7.18. The predicted octanol–water partition coefficient (Wildman–Crippen LogP) is 4.88. The second-order valence-electron chi connectivity index (χ2n) is 5.78. The quantitative estimate of drug-likeness (QED) is 0.677. The van der Waals surface area contributed by atoms with E-state index in [2.05, 4.69) is 38.1 Å². The maximum atomic E-state index is 9.56. The van der Waals surface area contributed by atoms with Gasteiger partial charge in [0.15, 0.2) is 0 Å². The van der Waals surface area contributed by atoms with Crippen molar-refractivity contribution in [2.24, 2.45) is 5.92 Å². The zero-order chi connectivity index (χ0) is 13.0. The molecule has 0 heterocycles. The number of hydrogen-bond acceptors (Lipinski definition) is 1. The molecule has 1 nitrogen and oxygen atoms in total. The summed E-state index contributed by atoms with van der Waals surface area (Å²) in [7, 11) is 0. The molecule has 18 heavy (non-hydrogen) atoms. The second kappa shape index (κ2) is 6.05. The third-order valence-corrected chi connectivity index (χ3v) is 4.11. The number of hydrogen-bond donors (Lipinski definition) is 0. The van der Waals surface area contributed by atoms with E-state index in [1.807, 2.05) is 0 Å². The zero-order valence-electron chi connectivity index (χ0n) is 11.6. The summed E-state index contributed by atoms with van der Waals surface area (Å²) in [6, 6.07) is 9.16. The third kappa shape index (κ3) is 3.13. The minimum atomic E-state index is 0.0988. The molecular weight excluding hydrogens is 218 g/mol. The van der Waals surface area contributed by atoms with Crippen LogP contribution < -0.4 is 0 Å². The molecule has 1 atom stereocenters. The normalized spacial score (nSPS) is 18.9. The van der Waals surface area contributed by atoms with Crippen LogP contribution >= 0.6 is 0 Å². The van der Waals surface area contributed by atoms with E-state index in [0.29, 0.717) is 5.92 Å². The number of aryl methyl sites for hydroxylation is 2. The van der Waals surface area contributed by atoms with Crippen LogP contribution in [-0.2, 0) is 0 Å². The summed E-state index contributed by atoms with van der Waals surface area (Å²) in [6.07, 6.45) is 7.75. The van der Waals surface area contributed by atoms with Gasteiger partial charge in [-0.3, -0.25) is 0 Å². The topological polar surface area (TPSA) is 23.8 Å². The Hall–Kier alpha value is -1.29. The molecule has 0 radical (unpaired) electrons. The van der Waals surface area contributed by atoms with Gasteiger partial charge in [0.05, 0.1) is 12.0 Å². The minimum absolute atomic E-state index is 0.0988. The number of benzene rings is 1. The van der Waals surface area contributed by atoms with Gasteiger partial charge in [0.25, 0.3) is 0 Å². The summed E-state index contributed by atoms with van der Waals surface area (Å²) in [5, 5.41) is 9.56. The predicted molar refractivity (Wildman–Crippen MR) is 75.5 cm³/mol. The van der Waals surface area contributed by atoms with Crippen molar-refractivity contribution < 1.29 is 0 Å². The van der Waals surface area contributed by atoms with E-state index >= 15 is 0 Å². The Morgan fingerprint density at radius 1 is 1.00 bits per heavy atom. The minimum Gasteiger partial charge on any atom is -0.198 e. The van der Waals surface area contributed by atoms with Crippen LogP contribution in [-0.4, -0.2) is 0 Å². The molecule has 96 valence electrons. The monoisotopic (exact) mass is 241 g/mol. The molecule has 1 aliphatic carbocycles. The van der Waals surface area contributed by atoms with Crippen LogP contribution in [0.2, 0.25) is 0 Å². The lowest BCUT2D eigenvalue weighted by atomic mass is 9.81. The molecule has 0 aromatic heterocycles. The van der Waals surface area contributed by atoms with Crippen molar-refractivity contribution in [3.63, 3.8) is 0 Å². The van der Waals surface area contributed by atoms with Gasteiger partial charge in [0, 0.05) is 0 Å². The molecule has 0 bridgehead atoms. The highest BCUT2D eigenvalue weighted by molar-refractivity contribution is 5.34. The van der Waals surface area contributed by atoms with Gasteiger partial charge in [-0.2, -0.15) is 5.26 Å². The fourth-order valence-electron chi connectivity index (χ4n) is 3.29. The molecule has 1 aliphatic rings. The fourth-order valence-corrected chi connectivity index (χ4v) is 3.29. The van der Waals surface area contributed by atoms with Crippen LogP contribution in [0.15, 0.2) is 18.2 Å².